The lowest BCUT2D eigenvalue weighted by Crippen LogP contribution is -2.41. The fourth-order valence-corrected chi connectivity index (χ4v) is 2.30. The third kappa shape index (κ3) is 2.60. The molecule has 2 rings (SSSR count). The van der Waals surface area contributed by atoms with Crippen molar-refractivity contribution in [2.45, 2.75) is 25.1 Å². The molecule has 1 saturated heterocycles. The van der Waals surface area contributed by atoms with Gasteiger partial charge in [0.25, 0.3) is 0 Å². The van der Waals surface area contributed by atoms with Gasteiger partial charge in [-0.15, -0.1) is 0 Å². The molecule has 5 heteroatoms. The predicted octanol–water partition coefficient (Wildman–Crippen LogP) is 3.43. The Labute approximate surface area is 96.8 Å². The highest BCUT2D eigenvalue weighted by Crippen LogP contribution is 2.41. The first-order valence-corrected chi connectivity index (χ1v) is 5.54. The molecule has 1 N–H and O–H groups in total. The molecule has 1 aliphatic rings. The van der Waals surface area contributed by atoms with E-state index in [2.05, 4.69) is 5.32 Å². The van der Waals surface area contributed by atoms with E-state index in [0.29, 0.717) is 13.0 Å². The molecule has 0 saturated carbocycles. The molecule has 0 aromatic heterocycles. The molecule has 1 fully saturated rings. The van der Waals surface area contributed by atoms with Gasteiger partial charge in [-0.2, -0.15) is 13.2 Å². The van der Waals surface area contributed by atoms with Crippen LogP contribution in [0.15, 0.2) is 24.3 Å². The number of alkyl halides is 3. The lowest BCUT2D eigenvalue weighted by Gasteiger charge is -2.34. The first-order valence-electron chi connectivity index (χ1n) is 5.54. The van der Waals surface area contributed by atoms with E-state index in [1.807, 2.05) is 0 Å². The summed E-state index contributed by atoms with van der Waals surface area (Å²) >= 11 is 0. The molecular formula is C12H13F4N. The van der Waals surface area contributed by atoms with Crippen LogP contribution in [0.5, 0.6) is 0 Å². The number of hydrogen-bond donors (Lipinski definition) is 1. The summed E-state index contributed by atoms with van der Waals surface area (Å²) < 4.78 is 52.1. The minimum atomic E-state index is -4.29. The van der Waals surface area contributed by atoms with Crippen molar-refractivity contribution in [1.82, 2.24) is 5.32 Å². The Bertz CT molecular complexity index is 388. The van der Waals surface area contributed by atoms with E-state index in [9.17, 15) is 17.6 Å². The minimum Gasteiger partial charge on any atom is -0.309 e. The molecule has 1 aromatic rings. The van der Waals surface area contributed by atoms with Crippen molar-refractivity contribution in [1.29, 1.82) is 0 Å². The Balaban J connectivity index is 2.32. The van der Waals surface area contributed by atoms with E-state index in [1.165, 1.54) is 18.2 Å². The van der Waals surface area contributed by atoms with Gasteiger partial charge in [-0.25, -0.2) is 4.39 Å². The van der Waals surface area contributed by atoms with Crippen molar-refractivity contribution in [2.24, 2.45) is 5.92 Å². The molecule has 1 nitrogen and oxygen atoms in total. The smallest absolute Gasteiger partial charge is 0.309 e. The summed E-state index contributed by atoms with van der Waals surface area (Å²) in [6, 6.07) is 4.67. The molecule has 1 aliphatic heterocycles. The molecule has 1 aromatic carbocycles. The number of piperidine rings is 1. The second-order valence-corrected chi connectivity index (χ2v) is 4.24. The summed E-state index contributed by atoms with van der Waals surface area (Å²) in [7, 11) is 0. The summed E-state index contributed by atoms with van der Waals surface area (Å²) in [6.07, 6.45) is -3.77. The van der Waals surface area contributed by atoms with E-state index in [-0.39, 0.29) is 12.0 Å². The molecule has 1 heterocycles. The van der Waals surface area contributed by atoms with Gasteiger partial charge < -0.3 is 5.32 Å². The van der Waals surface area contributed by atoms with Gasteiger partial charge in [-0.1, -0.05) is 18.2 Å². The monoisotopic (exact) mass is 247 g/mol. The first kappa shape index (κ1) is 12.4. The Morgan fingerprint density at radius 3 is 2.53 bits per heavy atom. The average molecular weight is 247 g/mol. The van der Waals surface area contributed by atoms with Crippen molar-refractivity contribution in [3.05, 3.63) is 35.6 Å². The minimum absolute atomic E-state index is 0.0511. The fourth-order valence-electron chi connectivity index (χ4n) is 2.30. The Kier molecular flexibility index (Phi) is 3.38. The highest BCUT2D eigenvalue weighted by atomic mass is 19.4. The molecule has 2 unspecified atom stereocenters. The van der Waals surface area contributed by atoms with Crippen LogP contribution in [0.2, 0.25) is 0 Å². The number of nitrogens with one attached hydrogen (secondary N) is 1. The van der Waals surface area contributed by atoms with Crippen molar-refractivity contribution in [3.63, 3.8) is 0 Å². The van der Waals surface area contributed by atoms with Crippen LogP contribution in [0.1, 0.15) is 24.4 Å². The van der Waals surface area contributed by atoms with E-state index < -0.39 is 24.0 Å². The van der Waals surface area contributed by atoms with Crippen molar-refractivity contribution < 1.29 is 17.6 Å². The number of rotatable bonds is 1. The van der Waals surface area contributed by atoms with Gasteiger partial charge in [0.1, 0.15) is 5.82 Å². The van der Waals surface area contributed by atoms with Crippen molar-refractivity contribution in [3.8, 4) is 0 Å². The van der Waals surface area contributed by atoms with Crippen LogP contribution in [-0.2, 0) is 0 Å². The average Bonchev–Trinajstić information content (AvgIpc) is 2.28. The summed E-state index contributed by atoms with van der Waals surface area (Å²) in [4.78, 5) is 0. The van der Waals surface area contributed by atoms with Gasteiger partial charge in [0.2, 0.25) is 0 Å². The SMILES string of the molecule is Fc1ccccc1C1NCCCC1C(F)(F)F. The van der Waals surface area contributed by atoms with Gasteiger partial charge in [-0.3, -0.25) is 0 Å². The largest absolute Gasteiger partial charge is 0.393 e. The number of halogens is 4. The lowest BCUT2D eigenvalue weighted by atomic mass is 9.85. The van der Waals surface area contributed by atoms with Crippen LogP contribution in [-0.4, -0.2) is 12.7 Å². The number of benzene rings is 1. The zero-order valence-electron chi connectivity index (χ0n) is 9.10. The van der Waals surface area contributed by atoms with Crippen LogP contribution >= 0.6 is 0 Å². The molecule has 0 aliphatic carbocycles. The van der Waals surface area contributed by atoms with E-state index in [4.69, 9.17) is 0 Å². The maximum absolute atomic E-state index is 13.5. The van der Waals surface area contributed by atoms with Crippen molar-refractivity contribution in [2.75, 3.05) is 6.54 Å². The van der Waals surface area contributed by atoms with Gasteiger partial charge in [0.05, 0.1) is 5.92 Å². The maximum Gasteiger partial charge on any atom is 0.393 e. The molecule has 0 amide bonds. The van der Waals surface area contributed by atoms with Gasteiger partial charge in [0, 0.05) is 11.6 Å². The van der Waals surface area contributed by atoms with E-state index in [1.54, 1.807) is 6.07 Å². The Morgan fingerprint density at radius 2 is 1.88 bits per heavy atom. The predicted molar refractivity (Wildman–Crippen MR) is 55.9 cm³/mol. The van der Waals surface area contributed by atoms with Crippen molar-refractivity contribution >= 4 is 0 Å². The highest BCUT2D eigenvalue weighted by Gasteiger charge is 2.46. The van der Waals surface area contributed by atoms with E-state index >= 15 is 0 Å². The van der Waals surface area contributed by atoms with Crippen LogP contribution in [0.25, 0.3) is 0 Å². The first-order chi connectivity index (χ1) is 8.00. The molecule has 0 spiro atoms. The quantitative estimate of drug-likeness (QED) is 0.750. The summed E-state index contributed by atoms with van der Waals surface area (Å²) in [5.74, 6) is -2.09. The topological polar surface area (TPSA) is 12.0 Å². The molecule has 17 heavy (non-hydrogen) atoms. The fraction of sp³-hybridized carbons (Fsp3) is 0.500. The van der Waals surface area contributed by atoms with Crippen LogP contribution in [0.4, 0.5) is 17.6 Å². The summed E-state index contributed by atoms with van der Waals surface area (Å²) in [6.45, 7) is 0.492. The summed E-state index contributed by atoms with van der Waals surface area (Å²) in [5.41, 5.74) is 0.106. The van der Waals surface area contributed by atoms with E-state index in [0.717, 1.165) is 0 Å². The van der Waals surface area contributed by atoms with Crippen LogP contribution in [0.3, 0.4) is 0 Å². The Hall–Kier alpha value is -1.10. The molecule has 0 radical (unpaired) electrons. The third-order valence-electron chi connectivity index (χ3n) is 3.12. The molecule has 0 bridgehead atoms. The maximum atomic E-state index is 13.5. The second kappa shape index (κ2) is 4.64. The van der Waals surface area contributed by atoms with Gasteiger partial charge in [-0.05, 0) is 25.5 Å². The lowest BCUT2D eigenvalue weighted by molar-refractivity contribution is -0.189. The van der Waals surface area contributed by atoms with Crippen LogP contribution < -0.4 is 5.32 Å². The highest BCUT2D eigenvalue weighted by molar-refractivity contribution is 5.23. The number of hydrogen-bond acceptors (Lipinski definition) is 1. The third-order valence-corrected chi connectivity index (χ3v) is 3.12. The standard InChI is InChI=1S/C12H13F4N/c13-10-6-2-1-4-8(10)11-9(12(14,15)16)5-3-7-17-11/h1-2,4,6,9,11,17H,3,5,7H2. The molecular weight excluding hydrogens is 234 g/mol. The second-order valence-electron chi connectivity index (χ2n) is 4.24. The summed E-state index contributed by atoms with van der Waals surface area (Å²) in [5, 5.41) is 2.77. The molecule has 94 valence electrons. The zero-order valence-corrected chi connectivity index (χ0v) is 9.10. The Morgan fingerprint density at radius 1 is 1.18 bits per heavy atom. The normalized spacial score (nSPS) is 25.9. The van der Waals surface area contributed by atoms with Gasteiger partial charge in [0.15, 0.2) is 0 Å². The molecule has 2 atom stereocenters. The van der Waals surface area contributed by atoms with Crippen LogP contribution in [0, 0.1) is 11.7 Å². The zero-order chi connectivity index (χ0) is 12.5. The van der Waals surface area contributed by atoms with Gasteiger partial charge >= 0.3 is 6.18 Å².